The molecule has 0 fully saturated rings. The molecule has 13 rings (SSSR count). The van der Waals surface area contributed by atoms with Crippen molar-refractivity contribution >= 4 is 10.8 Å². The van der Waals surface area contributed by atoms with Crippen LogP contribution in [0.15, 0.2) is 237 Å². The molecule has 0 aliphatic heterocycles. The number of hydrogen-bond donors (Lipinski definition) is 0. The van der Waals surface area contributed by atoms with Crippen LogP contribution in [0.1, 0.15) is 22.3 Å². The maximum Gasteiger partial charge on any atom is 0.164 e. The highest BCUT2D eigenvalue weighted by molar-refractivity contribution is 6.00. The highest BCUT2D eigenvalue weighted by atomic mass is 15.0. The minimum atomic E-state index is -0.427. The van der Waals surface area contributed by atoms with E-state index in [0.29, 0.717) is 17.5 Å². The molecule has 0 radical (unpaired) electrons. The fourth-order valence-corrected chi connectivity index (χ4v) is 10.6. The molecule has 11 aromatic rings. The van der Waals surface area contributed by atoms with Crippen LogP contribution in [-0.4, -0.2) is 15.0 Å². The fourth-order valence-electron chi connectivity index (χ4n) is 10.6. The summed E-state index contributed by atoms with van der Waals surface area (Å²) in [6.07, 6.45) is 0. The first-order chi connectivity index (χ1) is 32.2. The molecule has 0 N–H and O–H groups in total. The summed E-state index contributed by atoms with van der Waals surface area (Å²) in [6, 6.07) is 85.3. The van der Waals surface area contributed by atoms with Crippen molar-refractivity contribution in [2.24, 2.45) is 0 Å². The van der Waals surface area contributed by atoms with Gasteiger partial charge in [0, 0.05) is 16.7 Å². The predicted molar refractivity (Wildman–Crippen MR) is 266 cm³/mol. The molecule has 3 nitrogen and oxygen atoms in total. The zero-order valence-corrected chi connectivity index (χ0v) is 35.4. The lowest BCUT2D eigenvalue weighted by Crippen LogP contribution is -2.26. The predicted octanol–water partition coefficient (Wildman–Crippen LogP) is 15.4. The molecule has 0 bridgehead atoms. The Balaban J connectivity index is 0.947. The van der Waals surface area contributed by atoms with E-state index in [1.807, 2.05) is 12.1 Å². The Morgan fingerprint density at radius 1 is 0.231 bits per heavy atom. The second kappa shape index (κ2) is 14.8. The summed E-state index contributed by atoms with van der Waals surface area (Å²) in [4.78, 5) is 15.6. The van der Waals surface area contributed by atoms with Gasteiger partial charge in [0.05, 0.1) is 5.41 Å². The van der Waals surface area contributed by atoms with Crippen molar-refractivity contribution in [3.63, 3.8) is 0 Å². The minimum absolute atomic E-state index is 0.427. The van der Waals surface area contributed by atoms with Crippen LogP contribution in [0.25, 0.3) is 101 Å². The molecule has 3 heteroatoms. The van der Waals surface area contributed by atoms with Crippen LogP contribution in [0, 0.1) is 0 Å². The molecule has 1 heterocycles. The lowest BCUT2D eigenvalue weighted by molar-refractivity contribution is 0.796. The van der Waals surface area contributed by atoms with Crippen molar-refractivity contribution < 1.29 is 0 Å². The van der Waals surface area contributed by atoms with Crippen molar-refractivity contribution in [3.05, 3.63) is 259 Å². The van der Waals surface area contributed by atoms with Crippen molar-refractivity contribution in [1.82, 2.24) is 15.0 Å². The van der Waals surface area contributed by atoms with E-state index in [9.17, 15) is 0 Å². The largest absolute Gasteiger partial charge is 0.208 e. The van der Waals surface area contributed by atoms with E-state index in [-0.39, 0.29) is 0 Å². The summed E-state index contributed by atoms with van der Waals surface area (Å²) < 4.78 is 0. The molecule has 1 spiro atoms. The van der Waals surface area contributed by atoms with Gasteiger partial charge in [0.2, 0.25) is 0 Å². The number of aromatic nitrogens is 3. The van der Waals surface area contributed by atoms with Gasteiger partial charge in [-0.25, -0.2) is 15.0 Å². The van der Waals surface area contributed by atoms with Crippen molar-refractivity contribution in [2.45, 2.75) is 5.41 Å². The molecule has 0 atom stereocenters. The quantitative estimate of drug-likeness (QED) is 0.168. The zero-order chi connectivity index (χ0) is 42.9. The smallest absolute Gasteiger partial charge is 0.164 e. The van der Waals surface area contributed by atoms with E-state index in [1.54, 1.807) is 0 Å². The van der Waals surface area contributed by atoms with Crippen molar-refractivity contribution in [3.8, 4) is 89.8 Å². The molecule has 0 saturated carbocycles. The number of benzene rings is 10. The van der Waals surface area contributed by atoms with Gasteiger partial charge < -0.3 is 0 Å². The van der Waals surface area contributed by atoms with Crippen molar-refractivity contribution in [2.75, 3.05) is 0 Å². The van der Waals surface area contributed by atoms with Crippen LogP contribution in [0.5, 0.6) is 0 Å². The Morgan fingerprint density at radius 3 is 1.11 bits per heavy atom. The molecule has 2 aliphatic rings. The summed E-state index contributed by atoms with van der Waals surface area (Å²) in [6.45, 7) is 0. The second-order valence-corrected chi connectivity index (χ2v) is 17.1. The molecule has 0 unspecified atom stereocenters. The molecule has 302 valence electrons. The van der Waals surface area contributed by atoms with Gasteiger partial charge in [0.25, 0.3) is 0 Å². The van der Waals surface area contributed by atoms with E-state index >= 15 is 0 Å². The summed E-state index contributed by atoms with van der Waals surface area (Å²) >= 11 is 0. The van der Waals surface area contributed by atoms with Gasteiger partial charge in [-0.2, -0.15) is 0 Å². The van der Waals surface area contributed by atoms with Crippen LogP contribution in [0.4, 0.5) is 0 Å². The molecular formula is C62H39N3. The van der Waals surface area contributed by atoms with Gasteiger partial charge >= 0.3 is 0 Å². The lowest BCUT2D eigenvalue weighted by atomic mass is 9.68. The first kappa shape index (κ1) is 37.1. The average molecular weight is 826 g/mol. The van der Waals surface area contributed by atoms with Gasteiger partial charge in [0.1, 0.15) is 0 Å². The summed E-state index contributed by atoms with van der Waals surface area (Å²) in [5, 5.41) is 2.27. The molecule has 65 heavy (non-hydrogen) atoms. The van der Waals surface area contributed by atoms with E-state index in [4.69, 9.17) is 15.0 Å². The van der Waals surface area contributed by atoms with Crippen molar-refractivity contribution in [1.29, 1.82) is 0 Å². The van der Waals surface area contributed by atoms with Crippen LogP contribution >= 0.6 is 0 Å². The topological polar surface area (TPSA) is 38.7 Å². The third kappa shape index (κ3) is 5.86. The Labute approximate surface area is 378 Å². The third-order valence-electron chi connectivity index (χ3n) is 13.5. The van der Waals surface area contributed by atoms with E-state index < -0.39 is 5.41 Å². The number of nitrogens with zero attached hydrogens (tertiary/aromatic N) is 3. The molecular weight excluding hydrogens is 787 g/mol. The van der Waals surface area contributed by atoms with Gasteiger partial charge in [-0.05, 0) is 113 Å². The van der Waals surface area contributed by atoms with Gasteiger partial charge in [-0.15, -0.1) is 0 Å². The monoisotopic (exact) mass is 825 g/mol. The summed E-state index contributed by atoms with van der Waals surface area (Å²) in [7, 11) is 0. The lowest BCUT2D eigenvalue weighted by Gasteiger charge is -2.32. The van der Waals surface area contributed by atoms with E-state index in [2.05, 4.69) is 224 Å². The van der Waals surface area contributed by atoms with Gasteiger partial charge in [-0.1, -0.05) is 212 Å². The summed E-state index contributed by atoms with van der Waals surface area (Å²) in [5.41, 5.74) is 19.9. The first-order valence-corrected chi connectivity index (χ1v) is 22.3. The number of fused-ring (bicyclic) bond motifs is 11. The number of rotatable bonds is 6. The van der Waals surface area contributed by atoms with Crippen LogP contribution in [0.3, 0.4) is 0 Å². The first-order valence-electron chi connectivity index (χ1n) is 22.3. The van der Waals surface area contributed by atoms with Gasteiger partial charge in [-0.3, -0.25) is 0 Å². The molecule has 2 aliphatic carbocycles. The molecule has 1 aromatic heterocycles. The maximum atomic E-state index is 5.20. The van der Waals surface area contributed by atoms with Gasteiger partial charge in [0.15, 0.2) is 17.5 Å². The normalized spacial score (nSPS) is 12.7. The Hall–Kier alpha value is -8.53. The van der Waals surface area contributed by atoms with Crippen LogP contribution in [-0.2, 0) is 5.41 Å². The van der Waals surface area contributed by atoms with E-state index in [1.165, 1.54) is 55.6 Å². The SMILES string of the molecule is c1ccc(-c2cccc(-c3nc(-c4cccc(-c5ccccc5)c4)nc(-c4ccc5cc(-c6cccc7c6C6(c8ccccc8-c8ccccc86)c6ccccc6-7)ccc5c4)n3)c2)cc1. The average Bonchev–Trinajstić information content (AvgIpc) is 3.86. The molecule has 10 aromatic carbocycles. The Kier molecular flexibility index (Phi) is 8.44. The number of hydrogen-bond acceptors (Lipinski definition) is 3. The third-order valence-corrected chi connectivity index (χ3v) is 13.5. The van der Waals surface area contributed by atoms with Crippen LogP contribution in [0.2, 0.25) is 0 Å². The molecule has 0 amide bonds. The molecule has 0 saturated heterocycles. The highest BCUT2D eigenvalue weighted by Gasteiger charge is 2.52. The highest BCUT2D eigenvalue weighted by Crippen LogP contribution is 2.64. The summed E-state index contributed by atoms with van der Waals surface area (Å²) in [5.74, 6) is 1.89. The van der Waals surface area contributed by atoms with Crippen LogP contribution < -0.4 is 0 Å². The minimum Gasteiger partial charge on any atom is -0.208 e. The Bertz CT molecular complexity index is 3500. The Morgan fingerprint density at radius 2 is 0.585 bits per heavy atom. The zero-order valence-electron chi connectivity index (χ0n) is 35.4. The standard InChI is InChI=1S/C62H39N3/c1-3-16-40(17-4-1)42-20-13-22-47(37-42)59-63-60(48-23-14-21-43(38-48)41-18-5-2-6-19-41)65-61(64-59)49-35-33-44-36-46(34-32-45(44)39-49)50-27-15-28-54-53-26-9-12-31-57(53)62(58(50)54)55-29-10-7-24-51(55)52-25-8-11-30-56(52)62/h1-39H. The fraction of sp³-hybridized carbons (Fsp3) is 0.0161. The second-order valence-electron chi connectivity index (χ2n) is 17.1. The van der Waals surface area contributed by atoms with E-state index in [0.717, 1.165) is 49.7 Å². The maximum absolute atomic E-state index is 5.20.